The van der Waals surface area contributed by atoms with Crippen LogP contribution in [0.4, 0.5) is 5.69 Å². The summed E-state index contributed by atoms with van der Waals surface area (Å²) >= 11 is 0. The molecular formula is C12H18ClN9O2. The Labute approximate surface area is 143 Å². The molecule has 1 rings (SSSR count). The van der Waals surface area contributed by atoms with Gasteiger partial charge >= 0.3 is 0 Å². The lowest BCUT2D eigenvalue weighted by molar-refractivity contribution is -0.385. The zero-order valence-corrected chi connectivity index (χ0v) is 13.8. The van der Waals surface area contributed by atoms with Gasteiger partial charge in [0.2, 0.25) is 11.9 Å². The highest BCUT2D eigenvalue weighted by Crippen LogP contribution is 2.21. The van der Waals surface area contributed by atoms with Crippen LogP contribution in [0.1, 0.15) is 25.0 Å². The SMILES string of the molecule is C/C(=N\N=C(N)N)c1ccc([N+](=O)[O-])c(/C(C)=N/N=C(N)N)c1.Cl. The van der Waals surface area contributed by atoms with Gasteiger partial charge in [-0.25, -0.2) is 0 Å². The molecule has 0 aliphatic carbocycles. The maximum Gasteiger partial charge on any atom is 0.278 e. The summed E-state index contributed by atoms with van der Waals surface area (Å²) in [5.74, 6) is -0.453. The third-order valence-corrected chi connectivity index (χ3v) is 2.63. The number of nitro groups is 1. The zero-order valence-electron chi connectivity index (χ0n) is 13.0. The first-order chi connectivity index (χ1) is 10.7. The molecule has 0 bridgehead atoms. The van der Waals surface area contributed by atoms with Crippen LogP contribution in [0.25, 0.3) is 0 Å². The molecular weight excluding hydrogens is 338 g/mol. The van der Waals surface area contributed by atoms with E-state index < -0.39 is 4.92 Å². The van der Waals surface area contributed by atoms with Crippen molar-refractivity contribution in [3.05, 3.63) is 39.4 Å². The largest absolute Gasteiger partial charge is 0.369 e. The highest BCUT2D eigenvalue weighted by Gasteiger charge is 2.17. The van der Waals surface area contributed by atoms with Crippen LogP contribution in [0.15, 0.2) is 38.6 Å². The molecule has 24 heavy (non-hydrogen) atoms. The Hall–Kier alpha value is -3.21. The summed E-state index contributed by atoms with van der Waals surface area (Å²) in [6.45, 7) is 3.20. The molecule has 0 aromatic heterocycles. The lowest BCUT2D eigenvalue weighted by atomic mass is 10.0. The van der Waals surface area contributed by atoms with E-state index >= 15 is 0 Å². The number of hydrogen-bond acceptors (Lipinski definition) is 6. The topological polar surface area (TPSA) is 197 Å². The summed E-state index contributed by atoms with van der Waals surface area (Å²) in [4.78, 5) is 10.6. The number of nitro benzene ring substituents is 1. The van der Waals surface area contributed by atoms with Crippen molar-refractivity contribution in [2.24, 2.45) is 43.3 Å². The minimum Gasteiger partial charge on any atom is -0.369 e. The fraction of sp³-hybridized carbons (Fsp3) is 0.167. The van der Waals surface area contributed by atoms with Gasteiger partial charge < -0.3 is 22.9 Å². The molecule has 0 saturated heterocycles. The number of guanidine groups is 2. The van der Waals surface area contributed by atoms with Crippen LogP contribution in [0.3, 0.4) is 0 Å². The molecule has 130 valence electrons. The molecule has 0 heterocycles. The first kappa shape index (κ1) is 20.8. The first-order valence-electron chi connectivity index (χ1n) is 6.28. The number of hydrogen-bond donors (Lipinski definition) is 4. The third-order valence-electron chi connectivity index (χ3n) is 2.63. The molecule has 1 aromatic rings. The second-order valence-corrected chi connectivity index (χ2v) is 4.41. The van der Waals surface area contributed by atoms with Crippen molar-refractivity contribution in [1.82, 2.24) is 0 Å². The normalized spacial score (nSPS) is 11.2. The summed E-state index contributed by atoms with van der Waals surface area (Å²) < 4.78 is 0. The molecule has 8 N–H and O–H groups in total. The van der Waals surface area contributed by atoms with Crippen LogP contribution in [0.5, 0.6) is 0 Å². The first-order valence-corrected chi connectivity index (χ1v) is 6.28. The van der Waals surface area contributed by atoms with Crippen LogP contribution in [0, 0.1) is 10.1 Å². The summed E-state index contributed by atoms with van der Waals surface area (Å²) in [5, 5.41) is 25.7. The standard InChI is InChI=1S/C12H17N9O2.ClH/c1-6(17-19-11(13)14)8-3-4-10(21(22)23)9(5-8)7(2)18-20-12(15)16;/h3-5H,1-2H3,(H4,13,14,19)(H4,15,16,20);1H/b17-6+,18-7+;. The summed E-state index contributed by atoms with van der Waals surface area (Å²) in [5.41, 5.74) is 22.2. The molecule has 0 spiro atoms. The molecule has 0 fully saturated rings. The van der Waals surface area contributed by atoms with Crippen LogP contribution < -0.4 is 22.9 Å². The van der Waals surface area contributed by atoms with Gasteiger partial charge in [-0.2, -0.15) is 10.2 Å². The molecule has 0 amide bonds. The molecule has 0 unspecified atom stereocenters. The third kappa shape index (κ3) is 5.88. The van der Waals surface area contributed by atoms with Gasteiger partial charge in [0.05, 0.1) is 21.9 Å². The van der Waals surface area contributed by atoms with E-state index in [0.29, 0.717) is 11.3 Å². The second kappa shape index (κ2) is 9.05. The Balaban J connectivity index is 0.00000529. The van der Waals surface area contributed by atoms with Crippen LogP contribution >= 0.6 is 12.4 Å². The summed E-state index contributed by atoms with van der Waals surface area (Å²) in [6.07, 6.45) is 0. The lowest BCUT2D eigenvalue weighted by Crippen LogP contribution is -2.22. The van der Waals surface area contributed by atoms with Crippen LogP contribution in [0.2, 0.25) is 0 Å². The number of halogens is 1. The number of benzene rings is 1. The lowest BCUT2D eigenvalue weighted by Gasteiger charge is -2.05. The van der Waals surface area contributed by atoms with E-state index in [4.69, 9.17) is 22.9 Å². The van der Waals surface area contributed by atoms with Crippen molar-refractivity contribution in [3.63, 3.8) is 0 Å². The van der Waals surface area contributed by atoms with Crippen molar-refractivity contribution in [1.29, 1.82) is 0 Å². The van der Waals surface area contributed by atoms with E-state index in [1.165, 1.54) is 18.2 Å². The van der Waals surface area contributed by atoms with E-state index in [2.05, 4.69) is 20.4 Å². The minimum atomic E-state index is -0.532. The van der Waals surface area contributed by atoms with Crippen molar-refractivity contribution in [3.8, 4) is 0 Å². The van der Waals surface area contributed by atoms with Gasteiger partial charge in [0.1, 0.15) is 0 Å². The van der Waals surface area contributed by atoms with Gasteiger partial charge in [-0.3, -0.25) is 10.1 Å². The maximum absolute atomic E-state index is 11.1. The van der Waals surface area contributed by atoms with Crippen molar-refractivity contribution in [2.45, 2.75) is 13.8 Å². The Kier molecular flexibility index (Phi) is 7.84. The molecule has 0 atom stereocenters. The predicted octanol–water partition coefficient (Wildman–Crippen LogP) is 0.0114. The number of nitrogens with two attached hydrogens (primary N) is 4. The maximum atomic E-state index is 11.1. The average molecular weight is 356 g/mol. The van der Waals surface area contributed by atoms with Crippen LogP contribution in [-0.4, -0.2) is 28.3 Å². The number of nitrogens with zero attached hydrogens (tertiary/aromatic N) is 5. The molecule has 12 heteroatoms. The van der Waals surface area contributed by atoms with E-state index in [1.807, 2.05) is 0 Å². The Morgan fingerprint density at radius 2 is 1.46 bits per heavy atom. The molecule has 0 aliphatic rings. The fourth-order valence-corrected chi connectivity index (χ4v) is 1.59. The summed E-state index contributed by atoms with van der Waals surface area (Å²) in [6, 6.07) is 4.38. The fourth-order valence-electron chi connectivity index (χ4n) is 1.59. The molecule has 1 aromatic carbocycles. The van der Waals surface area contributed by atoms with Gasteiger partial charge in [-0.05, 0) is 31.5 Å². The van der Waals surface area contributed by atoms with Crippen molar-refractivity contribution >= 4 is 41.4 Å². The smallest absolute Gasteiger partial charge is 0.278 e. The number of rotatable bonds is 5. The quantitative estimate of drug-likeness (QED) is 0.248. The monoisotopic (exact) mass is 355 g/mol. The van der Waals surface area contributed by atoms with E-state index in [-0.39, 0.29) is 41.3 Å². The van der Waals surface area contributed by atoms with Gasteiger partial charge in [-0.1, -0.05) is 0 Å². The van der Waals surface area contributed by atoms with Crippen LogP contribution in [-0.2, 0) is 0 Å². The summed E-state index contributed by atoms with van der Waals surface area (Å²) in [7, 11) is 0. The predicted molar refractivity (Wildman–Crippen MR) is 96.4 cm³/mol. The van der Waals surface area contributed by atoms with E-state index in [1.54, 1.807) is 13.8 Å². The molecule has 0 saturated carbocycles. The average Bonchev–Trinajstić information content (AvgIpc) is 2.49. The Morgan fingerprint density at radius 1 is 0.958 bits per heavy atom. The molecule has 0 radical (unpaired) electrons. The Morgan fingerprint density at radius 3 is 1.92 bits per heavy atom. The van der Waals surface area contributed by atoms with Gasteiger partial charge in [0, 0.05) is 6.07 Å². The van der Waals surface area contributed by atoms with E-state index in [0.717, 1.165) is 0 Å². The minimum absolute atomic E-state index is 0. The highest BCUT2D eigenvalue weighted by molar-refractivity contribution is 6.06. The molecule has 11 nitrogen and oxygen atoms in total. The molecule has 0 aliphatic heterocycles. The van der Waals surface area contributed by atoms with Crippen molar-refractivity contribution in [2.75, 3.05) is 0 Å². The van der Waals surface area contributed by atoms with Crippen molar-refractivity contribution < 1.29 is 4.92 Å². The second-order valence-electron chi connectivity index (χ2n) is 4.41. The Bertz CT molecular complexity index is 732. The van der Waals surface area contributed by atoms with Gasteiger partial charge in [0.25, 0.3) is 5.69 Å². The van der Waals surface area contributed by atoms with E-state index in [9.17, 15) is 10.1 Å². The van der Waals surface area contributed by atoms with Gasteiger partial charge in [-0.15, -0.1) is 22.6 Å². The van der Waals surface area contributed by atoms with Gasteiger partial charge in [0.15, 0.2) is 0 Å². The zero-order chi connectivity index (χ0) is 17.6. The highest BCUT2D eigenvalue weighted by atomic mass is 35.5.